The maximum atomic E-state index is 13.5. The number of carbonyl (C=O) groups excluding carboxylic acids is 2. The number of nitrogens with one attached hydrogen (secondary N) is 1. The zero-order valence-electron chi connectivity index (χ0n) is 23.5. The van der Waals surface area contributed by atoms with Crippen molar-refractivity contribution >= 4 is 58.1 Å². The Morgan fingerprint density at radius 2 is 1.90 bits per heavy atom. The van der Waals surface area contributed by atoms with E-state index in [1.165, 1.54) is 54.3 Å². The van der Waals surface area contributed by atoms with Gasteiger partial charge in [-0.3, -0.25) is 4.79 Å². The third-order valence-corrected chi connectivity index (χ3v) is 8.77. The highest BCUT2D eigenvalue weighted by atomic mass is 32.2. The van der Waals surface area contributed by atoms with Crippen LogP contribution in [0.3, 0.4) is 0 Å². The number of halogens is 1. The van der Waals surface area contributed by atoms with Crippen molar-refractivity contribution in [3.8, 4) is 0 Å². The molecule has 3 heterocycles. The first-order valence-electron chi connectivity index (χ1n) is 13.3. The van der Waals surface area contributed by atoms with Crippen LogP contribution in [0.1, 0.15) is 45.9 Å². The van der Waals surface area contributed by atoms with Gasteiger partial charge in [0.15, 0.2) is 0 Å². The lowest BCUT2D eigenvalue weighted by Crippen LogP contribution is -2.42. The number of nitrogens with zero attached hydrogens (tertiary/aromatic N) is 4. The van der Waals surface area contributed by atoms with Crippen molar-refractivity contribution in [1.82, 2.24) is 19.2 Å². The molecule has 13 heteroatoms. The average Bonchev–Trinajstić information content (AvgIpc) is 3.37. The van der Waals surface area contributed by atoms with Crippen LogP contribution in [-0.4, -0.2) is 62.9 Å². The summed E-state index contributed by atoms with van der Waals surface area (Å²) in [6.45, 7) is 6.94. The SMILES string of the molecule is COC(=O)CCSc1cnc(Nc2nc(CC3CCN(C(=O)OC(C)(C)C)CC3)ns2)c(Sc2ccc(F)cc2)c1. The molecule has 1 N–H and O–H groups in total. The molecule has 41 heavy (non-hydrogen) atoms. The third-order valence-electron chi connectivity index (χ3n) is 6.10. The molecule has 0 bridgehead atoms. The molecule has 2 aromatic heterocycles. The van der Waals surface area contributed by atoms with Gasteiger partial charge in [0.2, 0.25) is 5.13 Å². The van der Waals surface area contributed by atoms with Crippen LogP contribution in [0.2, 0.25) is 0 Å². The van der Waals surface area contributed by atoms with E-state index in [9.17, 15) is 14.0 Å². The first-order valence-corrected chi connectivity index (χ1v) is 15.9. The summed E-state index contributed by atoms with van der Waals surface area (Å²) >= 11 is 4.24. The van der Waals surface area contributed by atoms with Gasteiger partial charge in [0, 0.05) is 52.8 Å². The molecule has 0 saturated carbocycles. The molecule has 0 unspecified atom stereocenters. The molecule has 4 rings (SSSR count). The van der Waals surface area contributed by atoms with Gasteiger partial charge >= 0.3 is 12.1 Å². The molecule has 0 spiro atoms. The first-order chi connectivity index (χ1) is 19.6. The normalized spacial score (nSPS) is 14.1. The van der Waals surface area contributed by atoms with E-state index < -0.39 is 5.60 Å². The van der Waals surface area contributed by atoms with E-state index in [1.54, 1.807) is 23.2 Å². The van der Waals surface area contributed by atoms with Gasteiger partial charge in [-0.05, 0) is 69.9 Å². The van der Waals surface area contributed by atoms with Crippen LogP contribution in [0.5, 0.6) is 0 Å². The molecule has 220 valence electrons. The Labute approximate surface area is 252 Å². The topological polar surface area (TPSA) is 107 Å². The zero-order chi connectivity index (χ0) is 29.4. The predicted molar refractivity (Wildman–Crippen MR) is 160 cm³/mol. The van der Waals surface area contributed by atoms with Gasteiger partial charge in [0.05, 0.1) is 18.4 Å². The number of hydrogen-bond acceptors (Lipinski definition) is 11. The van der Waals surface area contributed by atoms with Crippen molar-refractivity contribution in [2.24, 2.45) is 5.92 Å². The Morgan fingerprint density at radius 1 is 1.17 bits per heavy atom. The van der Waals surface area contributed by atoms with Crippen LogP contribution in [0.15, 0.2) is 51.2 Å². The summed E-state index contributed by atoms with van der Waals surface area (Å²) in [4.78, 5) is 37.5. The molecule has 1 aliphatic rings. The highest BCUT2D eigenvalue weighted by Crippen LogP contribution is 2.37. The molecule has 3 aromatic rings. The fourth-order valence-corrected chi connectivity index (χ4v) is 6.47. The van der Waals surface area contributed by atoms with E-state index in [1.807, 2.05) is 26.8 Å². The number of ether oxygens (including phenoxy) is 2. The van der Waals surface area contributed by atoms with Gasteiger partial charge < -0.3 is 19.7 Å². The van der Waals surface area contributed by atoms with Crippen LogP contribution in [0.25, 0.3) is 0 Å². The van der Waals surface area contributed by atoms with Crippen molar-refractivity contribution in [3.63, 3.8) is 0 Å². The molecule has 0 aliphatic carbocycles. The second kappa shape index (κ2) is 14.3. The summed E-state index contributed by atoms with van der Waals surface area (Å²) in [5.74, 6) is 1.78. The quantitative estimate of drug-likeness (QED) is 0.192. The van der Waals surface area contributed by atoms with Crippen molar-refractivity contribution in [3.05, 3.63) is 48.2 Å². The molecular formula is C28H34FN5O4S3. The van der Waals surface area contributed by atoms with E-state index in [0.29, 0.717) is 42.1 Å². The summed E-state index contributed by atoms with van der Waals surface area (Å²) in [7, 11) is 1.38. The van der Waals surface area contributed by atoms with Crippen LogP contribution in [0, 0.1) is 11.7 Å². The summed E-state index contributed by atoms with van der Waals surface area (Å²) < 4.78 is 28.2. The van der Waals surface area contributed by atoms with E-state index in [-0.39, 0.29) is 17.9 Å². The minimum Gasteiger partial charge on any atom is -0.469 e. The van der Waals surface area contributed by atoms with Crippen molar-refractivity contribution in [1.29, 1.82) is 0 Å². The molecule has 1 aromatic carbocycles. The number of thioether (sulfide) groups is 1. The Hall–Kier alpha value is -2.90. The first kappa shape index (κ1) is 31.0. The van der Waals surface area contributed by atoms with E-state index in [4.69, 9.17) is 14.5 Å². The number of aromatic nitrogens is 3. The van der Waals surface area contributed by atoms with Gasteiger partial charge in [-0.25, -0.2) is 19.2 Å². The number of hydrogen-bond donors (Lipinski definition) is 1. The van der Waals surface area contributed by atoms with E-state index in [2.05, 4.69) is 14.7 Å². The number of methoxy groups -OCH3 is 1. The predicted octanol–water partition coefficient (Wildman–Crippen LogP) is 6.81. The molecule has 1 aliphatic heterocycles. The highest BCUT2D eigenvalue weighted by molar-refractivity contribution is 8.00. The zero-order valence-corrected chi connectivity index (χ0v) is 26.0. The summed E-state index contributed by atoms with van der Waals surface area (Å²) in [5, 5.41) is 3.93. The monoisotopic (exact) mass is 619 g/mol. The lowest BCUT2D eigenvalue weighted by Gasteiger charge is -2.33. The highest BCUT2D eigenvalue weighted by Gasteiger charge is 2.27. The molecule has 1 amide bonds. The van der Waals surface area contributed by atoms with Crippen LogP contribution in [0.4, 0.5) is 20.1 Å². The number of rotatable bonds is 10. The van der Waals surface area contributed by atoms with Crippen molar-refractivity contribution < 1.29 is 23.5 Å². The maximum absolute atomic E-state index is 13.5. The van der Waals surface area contributed by atoms with Crippen molar-refractivity contribution in [2.45, 2.75) is 66.7 Å². The lowest BCUT2D eigenvalue weighted by atomic mass is 9.93. The smallest absolute Gasteiger partial charge is 0.410 e. The number of pyridine rings is 1. The fraction of sp³-hybridized carbons (Fsp3) is 0.464. The minimum atomic E-state index is -0.502. The minimum absolute atomic E-state index is 0.259. The average molecular weight is 620 g/mol. The number of esters is 1. The van der Waals surface area contributed by atoms with Gasteiger partial charge in [0.25, 0.3) is 0 Å². The number of likely N-dealkylation sites (tertiary alicyclic amines) is 1. The number of anilines is 2. The number of amides is 1. The van der Waals surface area contributed by atoms with Gasteiger partial charge in [0.1, 0.15) is 23.1 Å². The van der Waals surface area contributed by atoms with Gasteiger partial charge in [-0.2, -0.15) is 4.37 Å². The van der Waals surface area contributed by atoms with Gasteiger partial charge in [-0.1, -0.05) is 11.8 Å². The van der Waals surface area contributed by atoms with Crippen LogP contribution in [-0.2, 0) is 20.7 Å². The molecule has 9 nitrogen and oxygen atoms in total. The summed E-state index contributed by atoms with van der Waals surface area (Å²) in [6, 6.07) is 8.28. The van der Waals surface area contributed by atoms with Crippen LogP contribution < -0.4 is 5.32 Å². The molecular weight excluding hydrogens is 586 g/mol. The Balaban J connectivity index is 1.38. The molecule has 0 atom stereocenters. The Kier molecular flexibility index (Phi) is 10.8. The maximum Gasteiger partial charge on any atom is 0.410 e. The second-order valence-corrected chi connectivity index (χ2v) is 13.5. The Bertz CT molecular complexity index is 1330. The molecule has 1 fully saturated rings. The summed E-state index contributed by atoms with van der Waals surface area (Å²) in [6.07, 6.45) is 4.27. The lowest BCUT2D eigenvalue weighted by molar-refractivity contribution is -0.140. The number of piperidine rings is 1. The standard InChI is InChI=1S/C28H34FN5O4S3/c1-28(2,3)38-27(36)34-12-9-18(10-13-34)15-23-31-26(41-33-23)32-25-22(40-20-7-5-19(29)6-8-20)16-21(17-30-25)39-14-11-24(35)37-4/h5-8,16-18H,9-15H2,1-4H3,(H,30,31,32,33). The van der Waals surface area contributed by atoms with Crippen LogP contribution >= 0.6 is 35.1 Å². The third kappa shape index (κ3) is 9.86. The summed E-state index contributed by atoms with van der Waals surface area (Å²) in [5.41, 5.74) is -0.502. The number of benzene rings is 1. The molecule has 1 saturated heterocycles. The fourth-order valence-electron chi connectivity index (χ4n) is 4.05. The largest absolute Gasteiger partial charge is 0.469 e. The Morgan fingerprint density at radius 3 is 2.59 bits per heavy atom. The number of carbonyl (C=O) groups is 2. The van der Waals surface area contributed by atoms with E-state index in [0.717, 1.165) is 39.8 Å². The second-order valence-electron chi connectivity index (χ2n) is 10.5. The van der Waals surface area contributed by atoms with Crippen molar-refractivity contribution in [2.75, 3.05) is 31.3 Å². The van der Waals surface area contributed by atoms with Gasteiger partial charge in [-0.15, -0.1) is 11.8 Å². The molecule has 0 radical (unpaired) electrons. The van der Waals surface area contributed by atoms with E-state index >= 15 is 0 Å².